The van der Waals surface area contributed by atoms with E-state index in [1.165, 1.54) is 43.6 Å². The molecule has 0 spiro atoms. The second-order valence-corrected chi connectivity index (χ2v) is 8.96. The molecule has 5 aromatic carbocycles. The van der Waals surface area contributed by atoms with E-state index in [1.807, 2.05) is 0 Å². The van der Waals surface area contributed by atoms with E-state index in [1.54, 1.807) is 0 Å². The van der Waals surface area contributed by atoms with Crippen molar-refractivity contribution >= 4 is 56.2 Å². The maximum atomic E-state index is 4.58. The van der Waals surface area contributed by atoms with Crippen molar-refractivity contribution in [2.75, 3.05) is 0 Å². The average molecular weight is 441 g/mol. The third-order valence-electron chi connectivity index (χ3n) is 6.60. The van der Waals surface area contributed by atoms with E-state index in [4.69, 9.17) is 0 Å². The first kappa shape index (κ1) is 18.6. The van der Waals surface area contributed by atoms with Gasteiger partial charge in [-0.25, -0.2) is 0 Å². The number of benzene rings is 5. The van der Waals surface area contributed by atoms with Crippen LogP contribution < -0.4 is 0 Å². The van der Waals surface area contributed by atoms with Crippen molar-refractivity contribution in [2.45, 2.75) is 4.90 Å². The van der Waals surface area contributed by atoms with Gasteiger partial charge in [-0.2, -0.15) is 0 Å². The molecule has 0 amide bonds. The molecule has 0 fully saturated rings. The highest BCUT2D eigenvalue weighted by atomic mass is 32.1. The van der Waals surface area contributed by atoms with Crippen LogP contribution in [0.25, 0.3) is 55.0 Å². The summed E-state index contributed by atoms with van der Waals surface area (Å²) in [5.41, 5.74) is 7.16. The first-order chi connectivity index (χ1) is 16.3. The first-order valence-corrected chi connectivity index (χ1v) is 11.6. The zero-order valence-electron chi connectivity index (χ0n) is 17.8. The minimum absolute atomic E-state index is 0.979. The molecule has 0 aliphatic rings. The highest BCUT2D eigenvalue weighted by Gasteiger charge is 2.14. The predicted octanol–water partition coefficient (Wildman–Crippen LogP) is 8.17. The third-order valence-corrected chi connectivity index (χ3v) is 6.88. The summed E-state index contributed by atoms with van der Waals surface area (Å²) >= 11 is 4.58. The van der Waals surface area contributed by atoms with Crippen LogP contribution in [0.4, 0.5) is 0 Å². The van der Waals surface area contributed by atoms with Gasteiger partial charge in [-0.3, -0.25) is 0 Å². The topological polar surface area (TPSA) is 9.86 Å². The number of rotatable bonds is 2. The molecule has 2 nitrogen and oxygen atoms in total. The molecule has 2 aromatic heterocycles. The number of hydrogen-bond acceptors (Lipinski definition) is 1. The lowest BCUT2D eigenvalue weighted by Gasteiger charge is -2.11. The highest BCUT2D eigenvalue weighted by molar-refractivity contribution is 7.80. The summed E-state index contributed by atoms with van der Waals surface area (Å²) in [6.45, 7) is 0. The van der Waals surface area contributed by atoms with Crippen molar-refractivity contribution in [3.05, 3.63) is 115 Å². The van der Waals surface area contributed by atoms with Crippen molar-refractivity contribution < 1.29 is 0 Å². The van der Waals surface area contributed by atoms with E-state index < -0.39 is 0 Å². The number of fused-ring (bicyclic) bond motifs is 6. The lowest BCUT2D eigenvalue weighted by atomic mass is 10.1. The summed E-state index contributed by atoms with van der Waals surface area (Å²) < 4.78 is 4.70. The van der Waals surface area contributed by atoms with E-state index in [0.717, 1.165) is 16.3 Å². The molecule has 0 N–H and O–H groups in total. The van der Waals surface area contributed by atoms with Gasteiger partial charge in [0.1, 0.15) is 0 Å². The zero-order valence-corrected chi connectivity index (χ0v) is 18.7. The molecule has 0 saturated carbocycles. The van der Waals surface area contributed by atoms with Crippen LogP contribution in [0, 0.1) is 0 Å². The lowest BCUT2D eigenvalue weighted by Crippen LogP contribution is -1.97. The van der Waals surface area contributed by atoms with Crippen LogP contribution in [-0.2, 0) is 0 Å². The maximum absolute atomic E-state index is 4.58. The van der Waals surface area contributed by atoms with Crippen molar-refractivity contribution in [1.29, 1.82) is 0 Å². The Morgan fingerprint density at radius 1 is 0.394 bits per heavy atom. The molecule has 3 heteroatoms. The minimum atomic E-state index is 0.979. The van der Waals surface area contributed by atoms with Gasteiger partial charge in [0.05, 0.1) is 22.1 Å². The third kappa shape index (κ3) is 2.69. The normalized spacial score (nSPS) is 11.8. The molecule has 0 unspecified atom stereocenters. The summed E-state index contributed by atoms with van der Waals surface area (Å²) in [6, 6.07) is 41.1. The standard InChI is InChI=1S/C30H20N2S/c33-22-17-18-30-26(19-22)25-9-3-6-12-29(25)32(30)21-15-13-20(14-16-21)31-27-10-4-1-7-23(27)24-8-2-5-11-28(24)31/h1-19,33H. The van der Waals surface area contributed by atoms with Crippen LogP contribution in [0.1, 0.15) is 0 Å². The molecular weight excluding hydrogens is 420 g/mol. The summed E-state index contributed by atoms with van der Waals surface area (Å²) in [7, 11) is 0. The second-order valence-electron chi connectivity index (χ2n) is 8.44. The second kappa shape index (κ2) is 7.03. The fraction of sp³-hybridized carbons (Fsp3) is 0. The molecular formula is C30H20N2S. The Labute approximate surface area is 196 Å². The molecule has 0 saturated heterocycles. The van der Waals surface area contributed by atoms with E-state index in [0.29, 0.717) is 0 Å². The van der Waals surface area contributed by atoms with E-state index in [2.05, 4.69) is 137 Å². The van der Waals surface area contributed by atoms with E-state index >= 15 is 0 Å². The summed E-state index contributed by atoms with van der Waals surface area (Å²) in [5.74, 6) is 0. The Morgan fingerprint density at radius 2 is 0.788 bits per heavy atom. The Morgan fingerprint density at radius 3 is 1.27 bits per heavy atom. The molecule has 0 aliphatic heterocycles. The van der Waals surface area contributed by atoms with E-state index in [-0.39, 0.29) is 0 Å². The lowest BCUT2D eigenvalue weighted by molar-refractivity contribution is 1.14. The van der Waals surface area contributed by atoms with Gasteiger partial charge in [0.25, 0.3) is 0 Å². The predicted molar refractivity (Wildman–Crippen MR) is 142 cm³/mol. The van der Waals surface area contributed by atoms with Crippen molar-refractivity contribution in [2.24, 2.45) is 0 Å². The Hall–Kier alpha value is -3.95. The largest absolute Gasteiger partial charge is 0.309 e. The smallest absolute Gasteiger partial charge is 0.0541 e. The number of nitrogens with zero attached hydrogens (tertiary/aromatic N) is 2. The number of para-hydroxylation sites is 3. The molecule has 0 atom stereocenters. The van der Waals surface area contributed by atoms with Crippen LogP contribution in [0.2, 0.25) is 0 Å². The van der Waals surface area contributed by atoms with Gasteiger partial charge in [-0.05, 0) is 60.7 Å². The summed E-state index contributed by atoms with van der Waals surface area (Å²) in [4.78, 5) is 0.979. The van der Waals surface area contributed by atoms with Gasteiger partial charge in [-0.1, -0.05) is 54.6 Å². The quantitative estimate of drug-likeness (QED) is 0.260. The van der Waals surface area contributed by atoms with Gasteiger partial charge < -0.3 is 9.13 Å². The Kier molecular flexibility index (Phi) is 3.96. The van der Waals surface area contributed by atoms with Gasteiger partial charge >= 0.3 is 0 Å². The fourth-order valence-electron chi connectivity index (χ4n) is 5.19. The number of aromatic nitrogens is 2. The van der Waals surface area contributed by atoms with Crippen molar-refractivity contribution in [3.8, 4) is 11.4 Å². The first-order valence-electron chi connectivity index (χ1n) is 11.1. The molecule has 0 radical (unpaired) electrons. The Balaban J connectivity index is 1.46. The molecule has 33 heavy (non-hydrogen) atoms. The minimum Gasteiger partial charge on any atom is -0.309 e. The van der Waals surface area contributed by atoms with Crippen molar-refractivity contribution in [3.63, 3.8) is 0 Å². The van der Waals surface area contributed by atoms with Crippen molar-refractivity contribution in [1.82, 2.24) is 9.13 Å². The number of hydrogen-bond donors (Lipinski definition) is 1. The SMILES string of the molecule is Sc1ccc2c(c1)c1ccccc1n2-c1ccc(-n2c3ccccc3c3ccccc32)cc1. The summed E-state index contributed by atoms with van der Waals surface area (Å²) in [5, 5.41) is 5.03. The van der Waals surface area contributed by atoms with Crippen LogP contribution >= 0.6 is 12.6 Å². The van der Waals surface area contributed by atoms with Gasteiger partial charge in [-0.15, -0.1) is 12.6 Å². The van der Waals surface area contributed by atoms with Gasteiger partial charge in [0, 0.05) is 37.8 Å². The molecule has 7 aromatic rings. The summed E-state index contributed by atoms with van der Waals surface area (Å²) in [6.07, 6.45) is 0. The fourth-order valence-corrected chi connectivity index (χ4v) is 5.39. The van der Waals surface area contributed by atoms with Crippen LogP contribution in [0.3, 0.4) is 0 Å². The van der Waals surface area contributed by atoms with Gasteiger partial charge in [0.2, 0.25) is 0 Å². The molecule has 7 rings (SSSR count). The highest BCUT2D eigenvalue weighted by Crippen LogP contribution is 2.35. The zero-order chi connectivity index (χ0) is 21.9. The van der Waals surface area contributed by atoms with E-state index in [9.17, 15) is 0 Å². The molecule has 0 bridgehead atoms. The molecule has 156 valence electrons. The number of thiol groups is 1. The average Bonchev–Trinajstić information content (AvgIpc) is 3.37. The van der Waals surface area contributed by atoms with Gasteiger partial charge in [0.15, 0.2) is 0 Å². The molecule has 2 heterocycles. The maximum Gasteiger partial charge on any atom is 0.0541 e. The molecule has 0 aliphatic carbocycles. The monoisotopic (exact) mass is 440 g/mol. The van der Waals surface area contributed by atoms with Crippen LogP contribution in [0.5, 0.6) is 0 Å². The Bertz CT molecular complexity index is 1770. The van der Waals surface area contributed by atoms with Crippen LogP contribution in [0.15, 0.2) is 120 Å². The van der Waals surface area contributed by atoms with Crippen LogP contribution in [-0.4, -0.2) is 9.13 Å².